The zero-order valence-electron chi connectivity index (χ0n) is 18.6. The number of esters is 1. The molecule has 174 valence electrons. The van der Waals surface area contributed by atoms with Gasteiger partial charge in [0, 0.05) is 41.1 Å². The first-order valence-corrected chi connectivity index (χ1v) is 11.7. The van der Waals surface area contributed by atoms with Gasteiger partial charge in [-0.3, -0.25) is 14.9 Å². The molecule has 1 atom stereocenters. The van der Waals surface area contributed by atoms with E-state index in [0.29, 0.717) is 17.0 Å². The predicted octanol–water partition coefficient (Wildman–Crippen LogP) is 2.29. The molecule has 1 unspecified atom stereocenters. The van der Waals surface area contributed by atoms with Crippen molar-refractivity contribution in [3.63, 3.8) is 0 Å². The molecular weight excluding hydrogens is 438 g/mol. The summed E-state index contributed by atoms with van der Waals surface area (Å²) < 4.78 is 32.3. The molecule has 0 aromatic heterocycles. The summed E-state index contributed by atoms with van der Waals surface area (Å²) in [7, 11) is -3.94. The highest BCUT2D eigenvalue weighted by molar-refractivity contribution is 7.90. The number of non-ortho nitro benzene ring substituents is 1. The van der Waals surface area contributed by atoms with Crippen LogP contribution in [0.25, 0.3) is 0 Å². The average molecular weight is 466 g/mol. The summed E-state index contributed by atoms with van der Waals surface area (Å²) in [5.74, 6) is -3.29. The molecule has 0 fully saturated rings. The van der Waals surface area contributed by atoms with E-state index in [1.807, 2.05) is 0 Å². The highest BCUT2D eigenvalue weighted by Crippen LogP contribution is 2.40. The summed E-state index contributed by atoms with van der Waals surface area (Å²) >= 11 is 0. The lowest BCUT2D eigenvalue weighted by molar-refractivity contribution is -0.384. The Morgan fingerprint density at radius 2 is 1.84 bits per heavy atom. The molecule has 0 saturated carbocycles. The number of Topliss-reactive ketones (excluding diaryl/α,β-unsaturated/α-hetero) is 1. The van der Waals surface area contributed by atoms with Crippen molar-refractivity contribution in [1.82, 2.24) is 10.0 Å². The number of carbonyl (C=O) groups is 2. The minimum atomic E-state index is -3.94. The monoisotopic (exact) mass is 465 g/mol. The van der Waals surface area contributed by atoms with Gasteiger partial charge in [-0.2, -0.15) is 0 Å². The Kier molecular flexibility index (Phi) is 7.92. The molecule has 1 aliphatic rings. The van der Waals surface area contributed by atoms with Crippen LogP contribution in [0.15, 0.2) is 46.8 Å². The van der Waals surface area contributed by atoms with E-state index in [-0.39, 0.29) is 23.4 Å². The third-order valence-electron chi connectivity index (χ3n) is 4.71. The molecule has 0 bridgehead atoms. The van der Waals surface area contributed by atoms with Gasteiger partial charge in [0.15, 0.2) is 5.78 Å². The van der Waals surface area contributed by atoms with E-state index < -0.39 is 44.4 Å². The standard InChI is InChI=1S/C21H27N3O7S/c1-6-31-21(26)19-14(5)22-13(4)18(17(25)11-32(29,30)23-12(2)3)20(19)15-8-7-9-16(10-15)24(27)28/h7-10,12,20,22-23H,6,11H2,1-5H3. The molecule has 1 aliphatic heterocycles. The Morgan fingerprint density at radius 1 is 1.22 bits per heavy atom. The fourth-order valence-electron chi connectivity index (χ4n) is 3.65. The average Bonchev–Trinajstić information content (AvgIpc) is 2.65. The number of nitro benzene ring substituents is 1. The second-order valence-corrected chi connectivity index (χ2v) is 9.42. The van der Waals surface area contributed by atoms with Crippen LogP contribution in [0.4, 0.5) is 5.69 Å². The molecular formula is C21H27N3O7S. The molecule has 1 aromatic carbocycles. The van der Waals surface area contributed by atoms with E-state index in [9.17, 15) is 28.1 Å². The van der Waals surface area contributed by atoms with Gasteiger partial charge >= 0.3 is 5.97 Å². The van der Waals surface area contributed by atoms with Crippen LogP contribution < -0.4 is 10.0 Å². The van der Waals surface area contributed by atoms with Gasteiger partial charge in [0.1, 0.15) is 5.75 Å². The maximum Gasteiger partial charge on any atom is 0.336 e. The van der Waals surface area contributed by atoms with Crippen LogP contribution in [0.1, 0.15) is 46.1 Å². The zero-order valence-corrected chi connectivity index (χ0v) is 19.4. The number of nitrogens with zero attached hydrogens (tertiary/aromatic N) is 1. The first kappa shape index (κ1) is 25.2. The summed E-state index contributed by atoms with van der Waals surface area (Å²) in [6.45, 7) is 8.18. The third kappa shape index (κ3) is 5.80. The largest absolute Gasteiger partial charge is 0.463 e. The van der Waals surface area contributed by atoms with Crippen molar-refractivity contribution in [2.45, 2.75) is 46.6 Å². The smallest absolute Gasteiger partial charge is 0.336 e. The lowest BCUT2D eigenvalue weighted by Crippen LogP contribution is -2.38. The van der Waals surface area contributed by atoms with Gasteiger partial charge in [0.2, 0.25) is 10.0 Å². The van der Waals surface area contributed by atoms with Crippen LogP contribution in [0.2, 0.25) is 0 Å². The summed E-state index contributed by atoms with van der Waals surface area (Å²) in [4.78, 5) is 36.7. The fourth-order valence-corrected chi connectivity index (χ4v) is 4.95. The van der Waals surface area contributed by atoms with Gasteiger partial charge in [-0.25, -0.2) is 17.9 Å². The number of nitro groups is 1. The van der Waals surface area contributed by atoms with E-state index >= 15 is 0 Å². The number of dihydropyridines is 1. The Morgan fingerprint density at radius 3 is 2.41 bits per heavy atom. The first-order chi connectivity index (χ1) is 14.9. The van der Waals surface area contributed by atoms with Crippen LogP contribution in [-0.4, -0.2) is 43.5 Å². The van der Waals surface area contributed by atoms with Gasteiger partial charge in [-0.15, -0.1) is 0 Å². The Labute approximate surface area is 186 Å². The van der Waals surface area contributed by atoms with Crippen molar-refractivity contribution < 1.29 is 27.7 Å². The van der Waals surface area contributed by atoms with E-state index in [4.69, 9.17) is 4.74 Å². The molecule has 0 aliphatic carbocycles. The second-order valence-electron chi connectivity index (χ2n) is 7.66. The number of rotatable bonds is 9. The molecule has 1 heterocycles. The van der Waals surface area contributed by atoms with Crippen molar-refractivity contribution in [1.29, 1.82) is 0 Å². The minimum Gasteiger partial charge on any atom is -0.463 e. The molecule has 1 aromatic rings. The van der Waals surface area contributed by atoms with Gasteiger partial charge in [-0.1, -0.05) is 12.1 Å². The van der Waals surface area contributed by atoms with E-state index in [0.717, 1.165) is 0 Å². The number of hydrogen-bond donors (Lipinski definition) is 2. The highest BCUT2D eigenvalue weighted by atomic mass is 32.2. The van der Waals surface area contributed by atoms with Crippen LogP contribution in [0, 0.1) is 10.1 Å². The summed E-state index contributed by atoms with van der Waals surface area (Å²) in [6.07, 6.45) is 0. The minimum absolute atomic E-state index is 0.0354. The third-order valence-corrected chi connectivity index (χ3v) is 6.18. The quantitative estimate of drug-likeness (QED) is 0.321. The number of hydrogen-bond acceptors (Lipinski definition) is 8. The fraction of sp³-hybridized carbons (Fsp3) is 0.429. The van der Waals surface area contributed by atoms with Gasteiger partial charge < -0.3 is 10.1 Å². The zero-order chi connectivity index (χ0) is 24.2. The molecule has 0 radical (unpaired) electrons. The van der Waals surface area contributed by atoms with Gasteiger partial charge in [-0.05, 0) is 40.2 Å². The number of sulfonamides is 1. The lowest BCUT2D eigenvalue weighted by Gasteiger charge is -2.31. The molecule has 0 saturated heterocycles. The normalized spacial score (nSPS) is 16.8. The maximum atomic E-state index is 13.2. The summed E-state index contributed by atoms with van der Waals surface area (Å²) in [5.41, 5.74) is 0.984. The Bertz CT molecular complexity index is 1100. The predicted molar refractivity (Wildman–Crippen MR) is 118 cm³/mol. The number of ether oxygens (including phenoxy) is 1. The van der Waals surface area contributed by atoms with Crippen molar-refractivity contribution >= 4 is 27.5 Å². The number of nitrogens with one attached hydrogen (secondary N) is 2. The van der Waals surface area contributed by atoms with E-state index in [2.05, 4.69) is 10.0 Å². The number of benzene rings is 1. The van der Waals surface area contributed by atoms with Gasteiger partial charge in [0.25, 0.3) is 5.69 Å². The van der Waals surface area contributed by atoms with E-state index in [1.165, 1.54) is 18.2 Å². The first-order valence-electron chi connectivity index (χ1n) is 10.0. The van der Waals surface area contributed by atoms with Crippen LogP contribution in [0.5, 0.6) is 0 Å². The Hall–Kier alpha value is -3.05. The van der Waals surface area contributed by atoms with Crippen molar-refractivity contribution in [3.8, 4) is 0 Å². The van der Waals surface area contributed by atoms with Crippen LogP contribution in [-0.2, 0) is 24.3 Å². The van der Waals surface area contributed by atoms with Crippen LogP contribution in [0.3, 0.4) is 0 Å². The van der Waals surface area contributed by atoms with Crippen molar-refractivity contribution in [2.24, 2.45) is 0 Å². The Balaban J connectivity index is 2.65. The molecule has 10 nitrogen and oxygen atoms in total. The molecule has 2 rings (SSSR count). The molecule has 0 amide bonds. The van der Waals surface area contributed by atoms with Crippen LogP contribution >= 0.6 is 0 Å². The molecule has 11 heteroatoms. The summed E-state index contributed by atoms with van der Waals surface area (Å²) in [5, 5.41) is 14.3. The number of ketones is 1. The molecule has 2 N–H and O–H groups in total. The SMILES string of the molecule is CCOC(=O)C1=C(C)NC(C)=C(C(=O)CS(=O)(=O)NC(C)C)C1c1cccc([N+](=O)[O-])c1. The second kappa shape index (κ2) is 10.0. The maximum absolute atomic E-state index is 13.2. The highest BCUT2D eigenvalue weighted by Gasteiger charge is 2.38. The number of allylic oxidation sites excluding steroid dienone is 3. The molecule has 0 spiro atoms. The van der Waals surface area contributed by atoms with Crippen molar-refractivity contribution in [2.75, 3.05) is 12.4 Å². The van der Waals surface area contributed by atoms with Gasteiger partial charge in [0.05, 0.1) is 17.1 Å². The number of carbonyl (C=O) groups excluding carboxylic acids is 2. The lowest BCUT2D eigenvalue weighted by atomic mass is 9.79. The molecule has 32 heavy (non-hydrogen) atoms. The summed E-state index contributed by atoms with van der Waals surface area (Å²) in [6, 6.07) is 5.15. The van der Waals surface area contributed by atoms with Crippen molar-refractivity contribution in [3.05, 3.63) is 62.5 Å². The topological polar surface area (TPSA) is 145 Å². The van der Waals surface area contributed by atoms with E-state index in [1.54, 1.807) is 40.7 Å².